The van der Waals surface area contributed by atoms with Gasteiger partial charge in [0, 0.05) is 6.08 Å². The van der Waals surface area contributed by atoms with Gasteiger partial charge in [-0.2, -0.15) is 0 Å². The molecule has 1 aromatic carbocycles. The van der Waals surface area contributed by atoms with Crippen molar-refractivity contribution in [2.75, 3.05) is 14.2 Å². The van der Waals surface area contributed by atoms with Gasteiger partial charge in [-0.05, 0) is 24.1 Å². The van der Waals surface area contributed by atoms with E-state index in [1.807, 2.05) is 0 Å². The molecule has 0 N–H and O–H groups in total. The van der Waals surface area contributed by atoms with Crippen molar-refractivity contribution >= 4 is 6.08 Å². The molecule has 0 aromatic heterocycles. The van der Waals surface area contributed by atoms with E-state index in [2.05, 4.69) is 6.92 Å². The fourth-order valence-corrected chi connectivity index (χ4v) is 1.83. The second-order valence-electron chi connectivity index (χ2n) is 4.05. The number of benzene rings is 1. The zero-order valence-electron chi connectivity index (χ0n) is 11.5. The lowest BCUT2D eigenvalue weighted by atomic mass is 10.0. The van der Waals surface area contributed by atoms with Gasteiger partial charge in [0.25, 0.3) is 0 Å². The fourth-order valence-electron chi connectivity index (χ4n) is 1.83. The summed E-state index contributed by atoms with van der Waals surface area (Å²) in [6, 6.07) is 3.07. The van der Waals surface area contributed by atoms with Crippen LogP contribution < -0.4 is 9.47 Å². The zero-order chi connectivity index (χ0) is 15.1. The molecule has 0 amide bonds. The van der Waals surface area contributed by atoms with Gasteiger partial charge in [0.05, 0.1) is 24.7 Å². The number of methoxy groups -OCH3 is 2. The minimum atomic E-state index is -1.26. The van der Waals surface area contributed by atoms with Crippen molar-refractivity contribution in [2.24, 2.45) is 0 Å². The minimum Gasteiger partial charge on any atom is -0.496 e. The second kappa shape index (κ2) is 7.47. The van der Waals surface area contributed by atoms with Crippen LogP contribution in [0.3, 0.4) is 0 Å². The molecule has 0 heterocycles. The van der Waals surface area contributed by atoms with Crippen LogP contribution in [0.15, 0.2) is 18.3 Å². The van der Waals surface area contributed by atoms with Gasteiger partial charge >= 0.3 is 0 Å². The van der Waals surface area contributed by atoms with E-state index >= 15 is 0 Å². The minimum absolute atomic E-state index is 0.247. The summed E-state index contributed by atoms with van der Waals surface area (Å²) in [5, 5.41) is 10.3. The molecule has 0 saturated carbocycles. The van der Waals surface area contributed by atoms with Crippen molar-refractivity contribution in [3.05, 3.63) is 46.5 Å². The van der Waals surface area contributed by atoms with Gasteiger partial charge in [-0.1, -0.05) is 13.3 Å². The highest BCUT2D eigenvalue weighted by Gasteiger charge is 2.20. The quantitative estimate of drug-likeness (QED) is 0.566. The molecule has 1 unspecified atom stereocenters. The number of halogens is 1. The lowest BCUT2D eigenvalue weighted by molar-refractivity contribution is -0.400. The highest BCUT2D eigenvalue weighted by atomic mass is 19.1. The van der Waals surface area contributed by atoms with Gasteiger partial charge in [0.1, 0.15) is 17.7 Å². The first-order valence-electron chi connectivity index (χ1n) is 6.04. The SMILES string of the molecule is [CH2]CCC(F)c1c(OC)cc(/C=C/[N+](=O)[O-])cc1OC. The van der Waals surface area contributed by atoms with E-state index < -0.39 is 11.1 Å². The Morgan fingerprint density at radius 2 is 1.95 bits per heavy atom. The maximum Gasteiger partial charge on any atom is 0.235 e. The highest BCUT2D eigenvalue weighted by Crippen LogP contribution is 2.39. The summed E-state index contributed by atoms with van der Waals surface area (Å²) >= 11 is 0. The molecule has 0 saturated heterocycles. The first-order valence-corrected chi connectivity index (χ1v) is 6.04. The van der Waals surface area contributed by atoms with Crippen molar-refractivity contribution in [1.29, 1.82) is 0 Å². The third-order valence-electron chi connectivity index (χ3n) is 2.73. The van der Waals surface area contributed by atoms with Crippen LogP contribution in [-0.4, -0.2) is 19.1 Å². The van der Waals surface area contributed by atoms with Crippen LogP contribution in [0.25, 0.3) is 6.08 Å². The van der Waals surface area contributed by atoms with Crippen molar-refractivity contribution in [2.45, 2.75) is 19.0 Å². The molecule has 1 radical (unpaired) electrons. The average molecular weight is 282 g/mol. The van der Waals surface area contributed by atoms with Gasteiger partial charge in [0.2, 0.25) is 6.20 Å². The number of alkyl halides is 1. The Hall–Kier alpha value is -2.11. The number of ether oxygens (including phenoxy) is 2. The average Bonchev–Trinajstić information content (AvgIpc) is 2.43. The van der Waals surface area contributed by atoms with Crippen molar-refractivity contribution < 1.29 is 18.8 Å². The molecule has 0 aliphatic rings. The lowest BCUT2D eigenvalue weighted by Gasteiger charge is -2.17. The Labute approximate surface area is 117 Å². The number of hydrogen-bond donors (Lipinski definition) is 0. The fraction of sp³-hybridized carbons (Fsp3) is 0.357. The Balaban J connectivity index is 3.27. The van der Waals surface area contributed by atoms with Crippen molar-refractivity contribution in [3.8, 4) is 11.5 Å². The Bertz CT molecular complexity index is 477. The summed E-state index contributed by atoms with van der Waals surface area (Å²) in [7, 11) is 2.83. The Morgan fingerprint density at radius 3 is 2.35 bits per heavy atom. The number of rotatable bonds is 7. The van der Waals surface area contributed by atoms with E-state index in [0.717, 1.165) is 6.20 Å². The smallest absolute Gasteiger partial charge is 0.235 e. The lowest BCUT2D eigenvalue weighted by Crippen LogP contribution is -2.01. The summed E-state index contributed by atoms with van der Waals surface area (Å²) in [6.07, 6.45) is 1.53. The molecule has 0 aliphatic carbocycles. The van der Waals surface area contributed by atoms with Gasteiger partial charge in [-0.3, -0.25) is 10.1 Å². The molecular formula is C14H17FNO4. The third-order valence-corrected chi connectivity index (χ3v) is 2.73. The van der Waals surface area contributed by atoms with Gasteiger partial charge in [0.15, 0.2) is 0 Å². The van der Waals surface area contributed by atoms with Crippen LogP contribution in [0.4, 0.5) is 4.39 Å². The molecule has 20 heavy (non-hydrogen) atoms. The number of hydrogen-bond acceptors (Lipinski definition) is 4. The molecule has 0 fully saturated rings. The summed E-state index contributed by atoms with van der Waals surface area (Å²) in [6.45, 7) is 3.62. The van der Waals surface area contributed by atoms with Crippen LogP contribution in [0.2, 0.25) is 0 Å². The summed E-state index contributed by atoms with van der Waals surface area (Å²) in [5.74, 6) is 0.599. The molecule has 5 nitrogen and oxygen atoms in total. The number of nitro groups is 1. The van der Waals surface area contributed by atoms with Crippen LogP contribution in [0.1, 0.15) is 30.1 Å². The second-order valence-corrected chi connectivity index (χ2v) is 4.05. The van der Waals surface area contributed by atoms with Gasteiger partial charge in [-0.25, -0.2) is 4.39 Å². The molecule has 0 aliphatic heterocycles. The standard InChI is InChI=1S/C14H17FNO4/c1-4-5-11(15)14-12(19-2)8-10(6-7-16(17)18)9-13(14)20-3/h6-9,11H,1,4-5H2,2-3H3/b7-6+. The van der Waals surface area contributed by atoms with E-state index in [1.54, 1.807) is 0 Å². The van der Waals surface area contributed by atoms with E-state index in [4.69, 9.17) is 9.47 Å². The summed E-state index contributed by atoms with van der Waals surface area (Å²) < 4.78 is 24.5. The molecule has 6 heteroatoms. The maximum atomic E-state index is 14.2. The largest absolute Gasteiger partial charge is 0.496 e. The predicted octanol–water partition coefficient (Wildman–Crippen LogP) is 3.58. The molecule has 1 atom stereocenters. The van der Waals surface area contributed by atoms with Gasteiger partial charge < -0.3 is 9.47 Å². The molecule has 1 rings (SSSR count). The maximum absolute atomic E-state index is 14.2. The van der Waals surface area contributed by atoms with Crippen LogP contribution >= 0.6 is 0 Å². The first-order chi connectivity index (χ1) is 9.53. The molecule has 109 valence electrons. The topological polar surface area (TPSA) is 61.6 Å². The Kier molecular flexibility index (Phi) is 5.96. The summed E-state index contributed by atoms with van der Waals surface area (Å²) in [4.78, 5) is 9.76. The van der Waals surface area contributed by atoms with Crippen molar-refractivity contribution in [3.63, 3.8) is 0 Å². The van der Waals surface area contributed by atoms with Crippen molar-refractivity contribution in [1.82, 2.24) is 0 Å². The first kappa shape index (κ1) is 15.9. The van der Waals surface area contributed by atoms with E-state index in [1.165, 1.54) is 32.4 Å². The molecule has 0 bridgehead atoms. The molecular weight excluding hydrogens is 265 g/mol. The predicted molar refractivity (Wildman–Crippen MR) is 74.0 cm³/mol. The van der Waals surface area contributed by atoms with Crippen LogP contribution in [0, 0.1) is 17.0 Å². The monoisotopic (exact) mass is 282 g/mol. The third kappa shape index (κ3) is 3.94. The van der Waals surface area contributed by atoms with Gasteiger partial charge in [-0.15, -0.1) is 0 Å². The van der Waals surface area contributed by atoms with E-state index in [-0.39, 0.29) is 6.42 Å². The normalized spacial score (nSPS) is 12.4. The number of nitrogens with zero attached hydrogens (tertiary/aromatic N) is 1. The zero-order valence-corrected chi connectivity index (χ0v) is 11.5. The highest BCUT2D eigenvalue weighted by molar-refractivity contribution is 5.59. The van der Waals surface area contributed by atoms with E-state index in [0.29, 0.717) is 29.0 Å². The molecule has 0 spiro atoms. The Morgan fingerprint density at radius 1 is 1.40 bits per heavy atom. The summed E-state index contributed by atoms with van der Waals surface area (Å²) in [5.41, 5.74) is 0.804. The molecule has 1 aromatic rings. The van der Waals surface area contributed by atoms with Crippen LogP contribution in [0.5, 0.6) is 11.5 Å². The van der Waals surface area contributed by atoms with Crippen LogP contribution in [-0.2, 0) is 0 Å². The van der Waals surface area contributed by atoms with E-state index in [9.17, 15) is 14.5 Å².